The number of hydrogen-bond acceptors (Lipinski definition) is 6. The molecule has 0 aromatic heterocycles. The normalized spacial score (nSPS) is 10.7. The molecule has 0 atom stereocenters. The number of rotatable bonds is 8. The second-order valence-electron chi connectivity index (χ2n) is 4.84. The Morgan fingerprint density at radius 1 is 1.04 bits per heavy atom. The maximum atomic E-state index is 12.0. The topological polar surface area (TPSA) is 105 Å². The summed E-state index contributed by atoms with van der Waals surface area (Å²) in [4.78, 5) is 11.5. The molecule has 0 aliphatic rings. The van der Waals surface area contributed by atoms with E-state index in [1.165, 1.54) is 24.3 Å². The van der Waals surface area contributed by atoms with Crippen molar-refractivity contribution in [2.24, 2.45) is 0 Å². The third kappa shape index (κ3) is 5.91. The number of nitriles is 1. The van der Waals surface area contributed by atoms with Crippen molar-refractivity contribution < 1.29 is 22.7 Å². The van der Waals surface area contributed by atoms with Crippen LogP contribution in [-0.2, 0) is 19.6 Å². The minimum Gasteiger partial charge on any atom is -0.490 e. The Morgan fingerprint density at radius 2 is 1.72 bits per heavy atom. The predicted molar refractivity (Wildman–Crippen MR) is 89.2 cm³/mol. The predicted octanol–water partition coefficient (Wildman–Crippen LogP) is 1.46. The summed E-state index contributed by atoms with van der Waals surface area (Å²) in [6.07, 6.45) is 0. The fourth-order valence-corrected chi connectivity index (χ4v) is 2.80. The lowest BCUT2D eigenvalue weighted by atomic mass is 10.2. The first-order valence-corrected chi connectivity index (χ1v) is 8.83. The third-order valence-electron chi connectivity index (χ3n) is 3.06. The summed E-state index contributed by atoms with van der Waals surface area (Å²) in [5.74, 6) is -0.0612. The highest BCUT2D eigenvalue weighted by Crippen LogP contribution is 2.10. The van der Waals surface area contributed by atoms with Crippen LogP contribution in [-0.4, -0.2) is 34.1 Å². The van der Waals surface area contributed by atoms with E-state index in [1.54, 1.807) is 12.1 Å². The summed E-state index contributed by atoms with van der Waals surface area (Å²) in [6.45, 7) is -0.321. The van der Waals surface area contributed by atoms with Gasteiger partial charge in [0.05, 0.1) is 16.5 Å². The maximum absolute atomic E-state index is 12.0. The van der Waals surface area contributed by atoms with Crippen molar-refractivity contribution in [3.8, 4) is 11.8 Å². The molecule has 0 spiro atoms. The van der Waals surface area contributed by atoms with Crippen LogP contribution >= 0.6 is 0 Å². The molecule has 0 bridgehead atoms. The molecule has 0 unspecified atom stereocenters. The van der Waals surface area contributed by atoms with Crippen LogP contribution in [0.5, 0.6) is 5.75 Å². The number of carbonyl (C=O) groups is 1. The van der Waals surface area contributed by atoms with Gasteiger partial charge in [0.15, 0.2) is 0 Å². The van der Waals surface area contributed by atoms with Gasteiger partial charge < -0.3 is 9.47 Å². The summed E-state index contributed by atoms with van der Waals surface area (Å²) < 4.78 is 36.4. The zero-order valence-electron chi connectivity index (χ0n) is 13.2. The Morgan fingerprint density at radius 3 is 2.36 bits per heavy atom. The Hall–Kier alpha value is -2.89. The van der Waals surface area contributed by atoms with Gasteiger partial charge in [-0.15, -0.1) is 0 Å². The van der Waals surface area contributed by atoms with E-state index in [1.807, 2.05) is 24.3 Å². The maximum Gasteiger partial charge on any atom is 0.321 e. The number of esters is 1. The smallest absolute Gasteiger partial charge is 0.321 e. The number of benzene rings is 2. The third-order valence-corrected chi connectivity index (χ3v) is 4.48. The minimum absolute atomic E-state index is 0.00627. The first-order chi connectivity index (χ1) is 12.0. The Labute approximate surface area is 145 Å². The highest BCUT2D eigenvalue weighted by Gasteiger charge is 2.16. The van der Waals surface area contributed by atoms with E-state index >= 15 is 0 Å². The molecule has 0 radical (unpaired) electrons. The molecule has 25 heavy (non-hydrogen) atoms. The van der Waals surface area contributed by atoms with Gasteiger partial charge in [0.25, 0.3) is 0 Å². The molecule has 0 fully saturated rings. The summed E-state index contributed by atoms with van der Waals surface area (Å²) in [5, 5.41) is 8.70. The molecule has 2 rings (SSSR count). The van der Waals surface area contributed by atoms with Gasteiger partial charge in [0.2, 0.25) is 10.0 Å². The molecule has 0 saturated heterocycles. The van der Waals surface area contributed by atoms with Gasteiger partial charge in [0.1, 0.15) is 25.5 Å². The van der Waals surface area contributed by atoms with Gasteiger partial charge in [0, 0.05) is 0 Å². The van der Waals surface area contributed by atoms with Gasteiger partial charge in [-0.1, -0.05) is 18.2 Å². The molecule has 0 aliphatic carbocycles. The van der Waals surface area contributed by atoms with E-state index in [9.17, 15) is 13.2 Å². The highest BCUT2D eigenvalue weighted by molar-refractivity contribution is 7.89. The zero-order chi connectivity index (χ0) is 18.1. The van der Waals surface area contributed by atoms with E-state index in [-0.39, 0.29) is 18.1 Å². The molecular weight excluding hydrogens is 344 g/mol. The second kappa shape index (κ2) is 8.82. The number of nitrogens with one attached hydrogen (secondary N) is 1. The van der Waals surface area contributed by atoms with Crippen molar-refractivity contribution in [1.29, 1.82) is 5.26 Å². The molecule has 0 aliphatic heterocycles. The van der Waals surface area contributed by atoms with Gasteiger partial charge in [-0.25, -0.2) is 8.42 Å². The lowest BCUT2D eigenvalue weighted by Crippen LogP contribution is -2.31. The van der Waals surface area contributed by atoms with E-state index < -0.39 is 22.5 Å². The quantitative estimate of drug-likeness (QED) is 0.564. The first-order valence-electron chi connectivity index (χ1n) is 7.34. The standard InChI is InChI=1S/C17H16N2O5S/c18-12-14-6-8-16(9-7-14)25(21,22)19-13-17(20)24-11-10-23-15-4-2-1-3-5-15/h1-9,19H,10-11,13H2. The summed E-state index contributed by atoms with van der Waals surface area (Å²) in [6, 6.07) is 16.3. The van der Waals surface area contributed by atoms with Gasteiger partial charge >= 0.3 is 5.97 Å². The average Bonchev–Trinajstić information content (AvgIpc) is 2.64. The summed E-state index contributed by atoms with van der Waals surface area (Å²) >= 11 is 0. The van der Waals surface area contributed by atoms with Crippen molar-refractivity contribution >= 4 is 16.0 Å². The van der Waals surface area contributed by atoms with E-state index in [0.29, 0.717) is 11.3 Å². The first kappa shape index (κ1) is 18.4. The van der Waals surface area contributed by atoms with E-state index in [0.717, 1.165) is 0 Å². The number of hydrogen-bond donors (Lipinski definition) is 1. The van der Waals surface area contributed by atoms with Gasteiger partial charge in [-0.2, -0.15) is 9.98 Å². The van der Waals surface area contributed by atoms with Crippen LogP contribution in [0.2, 0.25) is 0 Å². The number of sulfonamides is 1. The van der Waals surface area contributed by atoms with Crippen LogP contribution in [0.3, 0.4) is 0 Å². The molecule has 2 aromatic rings. The lowest BCUT2D eigenvalue weighted by Gasteiger charge is -2.08. The number of carbonyl (C=O) groups excluding carboxylic acids is 1. The molecular formula is C17H16N2O5S. The van der Waals surface area contributed by atoms with E-state index in [4.69, 9.17) is 14.7 Å². The molecule has 0 saturated carbocycles. The fourth-order valence-electron chi connectivity index (χ4n) is 1.83. The van der Waals surface area contributed by atoms with Crippen molar-refractivity contribution in [1.82, 2.24) is 4.72 Å². The fraction of sp³-hybridized carbons (Fsp3) is 0.176. The molecule has 8 heteroatoms. The zero-order valence-corrected chi connectivity index (χ0v) is 14.0. The summed E-state index contributed by atoms with van der Waals surface area (Å²) in [5.41, 5.74) is 0.344. The van der Waals surface area contributed by atoms with E-state index in [2.05, 4.69) is 4.72 Å². The Bertz CT molecular complexity index is 843. The van der Waals surface area contributed by atoms with Crippen LogP contribution in [0.4, 0.5) is 0 Å². The van der Waals surface area contributed by atoms with Crippen molar-refractivity contribution in [3.05, 3.63) is 60.2 Å². The monoisotopic (exact) mass is 360 g/mol. The minimum atomic E-state index is -3.85. The van der Waals surface area contributed by atoms with Crippen LogP contribution < -0.4 is 9.46 Å². The van der Waals surface area contributed by atoms with Gasteiger partial charge in [-0.05, 0) is 36.4 Å². The number of nitrogens with zero attached hydrogens (tertiary/aromatic N) is 1. The molecule has 7 nitrogen and oxygen atoms in total. The van der Waals surface area contributed by atoms with Crippen molar-refractivity contribution in [2.45, 2.75) is 4.90 Å². The van der Waals surface area contributed by atoms with Crippen molar-refractivity contribution in [3.63, 3.8) is 0 Å². The number of para-hydroxylation sites is 1. The molecule has 2 aromatic carbocycles. The van der Waals surface area contributed by atoms with Gasteiger partial charge in [-0.3, -0.25) is 4.79 Å². The lowest BCUT2D eigenvalue weighted by molar-refractivity contribution is -0.142. The van der Waals surface area contributed by atoms with Crippen molar-refractivity contribution in [2.75, 3.05) is 19.8 Å². The second-order valence-corrected chi connectivity index (χ2v) is 6.61. The Balaban J connectivity index is 1.74. The summed E-state index contributed by atoms with van der Waals surface area (Å²) in [7, 11) is -3.85. The van der Waals surface area contributed by atoms with Crippen LogP contribution in [0.25, 0.3) is 0 Å². The highest BCUT2D eigenvalue weighted by atomic mass is 32.2. The number of ether oxygens (including phenoxy) is 2. The SMILES string of the molecule is N#Cc1ccc(S(=O)(=O)NCC(=O)OCCOc2ccccc2)cc1. The van der Waals surface area contributed by atoms with Crippen LogP contribution in [0, 0.1) is 11.3 Å². The molecule has 0 heterocycles. The Kier molecular flexibility index (Phi) is 6.51. The molecule has 130 valence electrons. The van der Waals surface area contributed by atoms with Crippen LogP contribution in [0.15, 0.2) is 59.5 Å². The molecule has 0 amide bonds. The van der Waals surface area contributed by atoms with Crippen LogP contribution in [0.1, 0.15) is 5.56 Å². The average molecular weight is 360 g/mol. The largest absolute Gasteiger partial charge is 0.490 e. The molecule has 1 N–H and O–H groups in total.